The van der Waals surface area contributed by atoms with Crippen molar-refractivity contribution in [3.8, 4) is 11.4 Å². The summed E-state index contributed by atoms with van der Waals surface area (Å²) < 4.78 is 56.9. The Balaban J connectivity index is 2.12. The zero-order valence-corrected chi connectivity index (χ0v) is 17.7. The van der Waals surface area contributed by atoms with Gasteiger partial charge in [0.05, 0.1) is 5.69 Å². The van der Waals surface area contributed by atoms with Gasteiger partial charge in [-0.25, -0.2) is 14.4 Å². The van der Waals surface area contributed by atoms with Crippen molar-refractivity contribution in [1.29, 1.82) is 0 Å². The van der Waals surface area contributed by atoms with Gasteiger partial charge in [-0.15, -0.1) is 13.2 Å². The number of aryl methyl sites for hydroxylation is 2. The number of halogens is 4. The fourth-order valence-electron chi connectivity index (χ4n) is 3.00. The van der Waals surface area contributed by atoms with Crippen molar-refractivity contribution in [3.63, 3.8) is 0 Å². The van der Waals surface area contributed by atoms with Crippen molar-refractivity contribution in [2.45, 2.75) is 47.4 Å². The van der Waals surface area contributed by atoms with Gasteiger partial charge in [-0.1, -0.05) is 20.8 Å². The SMILES string of the molecule is Cc1cc2nc(NC(=O)CC(C)(C)C)n(-c3ccc(OC(F)(F)F)c(F)c3)c2nc1C. The number of aromatic nitrogens is 3. The average molecular weight is 438 g/mol. The van der Waals surface area contributed by atoms with Gasteiger partial charge >= 0.3 is 6.36 Å². The normalized spacial score (nSPS) is 12.3. The van der Waals surface area contributed by atoms with E-state index < -0.39 is 17.9 Å². The quantitative estimate of drug-likeness (QED) is 0.550. The highest BCUT2D eigenvalue weighted by Crippen LogP contribution is 2.31. The summed E-state index contributed by atoms with van der Waals surface area (Å²) in [5, 5.41) is 2.71. The molecule has 0 unspecified atom stereocenters. The molecule has 1 aromatic carbocycles. The number of pyridine rings is 1. The number of fused-ring (bicyclic) bond motifs is 1. The summed E-state index contributed by atoms with van der Waals surface area (Å²) in [5.41, 5.74) is 2.19. The summed E-state index contributed by atoms with van der Waals surface area (Å²) in [6.45, 7) is 9.34. The third-order valence-corrected chi connectivity index (χ3v) is 4.42. The minimum absolute atomic E-state index is 0.0886. The molecule has 3 aromatic rings. The summed E-state index contributed by atoms with van der Waals surface area (Å²) in [6.07, 6.45) is -4.82. The number of anilines is 1. The number of amides is 1. The summed E-state index contributed by atoms with van der Waals surface area (Å²) in [6, 6.07) is 4.75. The van der Waals surface area contributed by atoms with E-state index in [1.54, 1.807) is 13.0 Å². The van der Waals surface area contributed by atoms with Gasteiger partial charge < -0.3 is 4.74 Å². The van der Waals surface area contributed by atoms with Crippen molar-refractivity contribution < 1.29 is 27.1 Å². The molecule has 3 rings (SSSR count). The Morgan fingerprint density at radius 3 is 2.39 bits per heavy atom. The van der Waals surface area contributed by atoms with E-state index in [1.807, 2.05) is 27.7 Å². The van der Waals surface area contributed by atoms with Crippen LogP contribution in [0.5, 0.6) is 5.75 Å². The summed E-state index contributed by atoms with van der Waals surface area (Å²) in [7, 11) is 0. The molecule has 0 atom stereocenters. The lowest BCUT2D eigenvalue weighted by Gasteiger charge is -2.17. The van der Waals surface area contributed by atoms with Crippen LogP contribution in [-0.2, 0) is 4.79 Å². The van der Waals surface area contributed by atoms with Gasteiger partial charge in [0.25, 0.3) is 0 Å². The molecule has 166 valence electrons. The zero-order valence-electron chi connectivity index (χ0n) is 17.7. The molecule has 1 amide bonds. The van der Waals surface area contributed by atoms with Crippen molar-refractivity contribution in [2.24, 2.45) is 5.41 Å². The molecule has 31 heavy (non-hydrogen) atoms. The Morgan fingerprint density at radius 1 is 1.13 bits per heavy atom. The number of carbonyl (C=O) groups excluding carboxylic acids is 1. The Morgan fingerprint density at radius 2 is 1.81 bits per heavy atom. The maximum Gasteiger partial charge on any atom is 0.573 e. The van der Waals surface area contributed by atoms with Crippen LogP contribution in [0.15, 0.2) is 24.3 Å². The van der Waals surface area contributed by atoms with Crippen LogP contribution in [0.2, 0.25) is 0 Å². The van der Waals surface area contributed by atoms with E-state index in [-0.39, 0.29) is 29.4 Å². The molecule has 10 heteroatoms. The largest absolute Gasteiger partial charge is 0.573 e. The first-order valence-electron chi connectivity index (χ1n) is 9.46. The third kappa shape index (κ3) is 5.31. The Hall–Kier alpha value is -3.17. The van der Waals surface area contributed by atoms with Gasteiger partial charge in [0.2, 0.25) is 11.9 Å². The molecule has 0 aliphatic carbocycles. The number of hydrogen-bond donors (Lipinski definition) is 1. The lowest BCUT2D eigenvalue weighted by molar-refractivity contribution is -0.275. The summed E-state index contributed by atoms with van der Waals surface area (Å²) in [5.74, 6) is -2.40. The molecule has 0 aliphatic heterocycles. The Bertz CT molecular complexity index is 1150. The van der Waals surface area contributed by atoms with E-state index in [0.29, 0.717) is 16.9 Å². The van der Waals surface area contributed by atoms with E-state index in [9.17, 15) is 22.4 Å². The van der Waals surface area contributed by atoms with Crippen LogP contribution in [0.1, 0.15) is 38.4 Å². The third-order valence-electron chi connectivity index (χ3n) is 4.42. The number of ether oxygens (including phenoxy) is 1. The smallest absolute Gasteiger partial charge is 0.403 e. The van der Waals surface area contributed by atoms with Crippen molar-refractivity contribution in [2.75, 3.05) is 5.32 Å². The number of benzene rings is 1. The lowest BCUT2D eigenvalue weighted by atomic mass is 9.92. The maximum absolute atomic E-state index is 14.4. The van der Waals surface area contributed by atoms with Crippen LogP contribution in [0.3, 0.4) is 0 Å². The molecule has 2 heterocycles. The number of nitrogens with one attached hydrogen (secondary N) is 1. The van der Waals surface area contributed by atoms with E-state index in [2.05, 4.69) is 20.0 Å². The molecule has 0 saturated heterocycles. The summed E-state index contributed by atoms with van der Waals surface area (Å²) in [4.78, 5) is 21.4. The summed E-state index contributed by atoms with van der Waals surface area (Å²) >= 11 is 0. The van der Waals surface area contributed by atoms with Crippen molar-refractivity contribution in [3.05, 3.63) is 41.3 Å². The van der Waals surface area contributed by atoms with Gasteiger partial charge in [-0.05, 0) is 43.0 Å². The average Bonchev–Trinajstić information content (AvgIpc) is 2.91. The van der Waals surface area contributed by atoms with Gasteiger partial charge in [-0.2, -0.15) is 0 Å². The number of rotatable bonds is 4. The van der Waals surface area contributed by atoms with Gasteiger partial charge in [0.15, 0.2) is 17.2 Å². The topological polar surface area (TPSA) is 69.0 Å². The molecule has 0 fully saturated rings. The molecule has 0 aliphatic rings. The Kier molecular flexibility index (Phi) is 5.68. The molecule has 2 aromatic heterocycles. The van der Waals surface area contributed by atoms with Crippen LogP contribution in [-0.4, -0.2) is 26.8 Å². The van der Waals surface area contributed by atoms with Gasteiger partial charge in [0, 0.05) is 18.2 Å². The molecule has 0 radical (unpaired) electrons. The van der Waals surface area contributed by atoms with E-state index in [4.69, 9.17) is 0 Å². The fraction of sp³-hybridized carbons (Fsp3) is 0.381. The lowest BCUT2D eigenvalue weighted by Crippen LogP contribution is -2.21. The number of alkyl halides is 3. The van der Waals surface area contributed by atoms with Crippen molar-refractivity contribution >= 4 is 23.0 Å². The van der Waals surface area contributed by atoms with Crippen LogP contribution in [0, 0.1) is 25.1 Å². The molecule has 1 N–H and O–H groups in total. The second-order valence-corrected chi connectivity index (χ2v) is 8.45. The number of nitrogens with zero attached hydrogens (tertiary/aromatic N) is 3. The Labute approximate surface area is 176 Å². The molecule has 0 bridgehead atoms. The highest BCUT2D eigenvalue weighted by Gasteiger charge is 2.32. The number of imidazole rings is 1. The van der Waals surface area contributed by atoms with Crippen LogP contribution >= 0.6 is 0 Å². The van der Waals surface area contributed by atoms with E-state index in [0.717, 1.165) is 17.7 Å². The van der Waals surface area contributed by atoms with Crippen LogP contribution in [0.4, 0.5) is 23.5 Å². The van der Waals surface area contributed by atoms with Crippen LogP contribution < -0.4 is 10.1 Å². The molecule has 0 spiro atoms. The highest BCUT2D eigenvalue weighted by molar-refractivity contribution is 5.92. The van der Waals surface area contributed by atoms with Gasteiger partial charge in [0.1, 0.15) is 5.52 Å². The van der Waals surface area contributed by atoms with E-state index >= 15 is 0 Å². The molecule has 0 saturated carbocycles. The molecular formula is C21H22F4N4O2. The minimum Gasteiger partial charge on any atom is -0.403 e. The standard InChI is InChI=1S/C21H22F4N4O2/c1-11-8-15-18(26-12(11)2)29(19(27-15)28-17(30)10-20(3,4)5)13-6-7-16(14(22)9-13)31-21(23,24)25/h6-9H,10H2,1-5H3,(H,27,28,30). The number of hydrogen-bond acceptors (Lipinski definition) is 4. The second kappa shape index (κ2) is 7.82. The molecular weight excluding hydrogens is 416 g/mol. The monoisotopic (exact) mass is 438 g/mol. The highest BCUT2D eigenvalue weighted by atomic mass is 19.4. The first-order chi connectivity index (χ1) is 14.2. The predicted molar refractivity (Wildman–Crippen MR) is 108 cm³/mol. The predicted octanol–water partition coefficient (Wildman–Crippen LogP) is 5.45. The fourth-order valence-corrected chi connectivity index (χ4v) is 3.00. The minimum atomic E-state index is -5.02. The van der Waals surface area contributed by atoms with Crippen molar-refractivity contribution in [1.82, 2.24) is 14.5 Å². The first-order valence-corrected chi connectivity index (χ1v) is 9.46. The van der Waals surface area contributed by atoms with Crippen LogP contribution in [0.25, 0.3) is 16.9 Å². The molecule has 6 nitrogen and oxygen atoms in total. The number of carbonyl (C=O) groups is 1. The van der Waals surface area contributed by atoms with E-state index in [1.165, 1.54) is 10.6 Å². The second-order valence-electron chi connectivity index (χ2n) is 8.45. The maximum atomic E-state index is 14.4. The van der Waals surface area contributed by atoms with Gasteiger partial charge in [-0.3, -0.25) is 14.7 Å². The zero-order chi connectivity index (χ0) is 23.1. The first kappa shape index (κ1) is 22.5.